The van der Waals surface area contributed by atoms with Crippen LogP contribution in [0.25, 0.3) is 0 Å². The maximum atomic E-state index is 12.2. The molecule has 0 amide bonds. The van der Waals surface area contributed by atoms with Crippen molar-refractivity contribution in [2.75, 3.05) is 25.0 Å². The van der Waals surface area contributed by atoms with Crippen molar-refractivity contribution in [3.8, 4) is 0 Å². The summed E-state index contributed by atoms with van der Waals surface area (Å²) < 4.78 is 5.15. The molecule has 3 rings (SSSR count). The second-order valence-electron chi connectivity index (χ2n) is 6.60. The van der Waals surface area contributed by atoms with Crippen LogP contribution in [0.5, 0.6) is 0 Å². The highest BCUT2D eigenvalue weighted by molar-refractivity contribution is 6.29. The molecular weight excluding hydrogens is 326 g/mol. The number of aromatic nitrogens is 1. The summed E-state index contributed by atoms with van der Waals surface area (Å²) >= 11 is 6.07. The summed E-state index contributed by atoms with van der Waals surface area (Å²) in [7, 11) is 0. The number of ether oxygens (including phenoxy) is 1. The van der Waals surface area contributed by atoms with Crippen LogP contribution in [0, 0.1) is 0 Å². The van der Waals surface area contributed by atoms with E-state index in [0.717, 1.165) is 6.42 Å². The highest BCUT2D eigenvalue weighted by Gasteiger charge is 2.32. The quantitative estimate of drug-likeness (QED) is 0.647. The highest BCUT2D eigenvalue weighted by atomic mass is 35.5. The van der Waals surface area contributed by atoms with E-state index in [1.165, 1.54) is 45.2 Å². The molecule has 6 heteroatoms. The fourth-order valence-electron chi connectivity index (χ4n) is 3.88. The van der Waals surface area contributed by atoms with Crippen LogP contribution in [0.1, 0.15) is 55.8 Å². The third-order valence-corrected chi connectivity index (χ3v) is 5.23. The molecule has 1 aromatic rings. The third-order valence-electron chi connectivity index (χ3n) is 5.02. The number of carbonyl (C=O) groups is 1. The highest BCUT2D eigenvalue weighted by Crippen LogP contribution is 2.29. The number of rotatable bonds is 5. The SMILES string of the molecule is CCOC(=O)c1ccc(Cl)nc1N[C@H]1CCCC[C@@H]1N1CCCC1. The molecule has 1 aliphatic heterocycles. The van der Waals surface area contributed by atoms with Gasteiger partial charge in [0.15, 0.2) is 0 Å². The minimum absolute atomic E-state index is 0.302. The Morgan fingerprint density at radius 3 is 2.79 bits per heavy atom. The van der Waals surface area contributed by atoms with Crippen LogP contribution in [0.15, 0.2) is 12.1 Å². The van der Waals surface area contributed by atoms with Crippen molar-refractivity contribution in [1.29, 1.82) is 0 Å². The molecule has 1 N–H and O–H groups in total. The predicted octanol–water partition coefficient (Wildman–Crippen LogP) is 3.73. The molecule has 0 unspecified atom stereocenters. The molecule has 2 fully saturated rings. The number of hydrogen-bond acceptors (Lipinski definition) is 5. The monoisotopic (exact) mass is 351 g/mol. The molecule has 5 nitrogen and oxygen atoms in total. The van der Waals surface area contributed by atoms with Gasteiger partial charge >= 0.3 is 5.97 Å². The lowest BCUT2D eigenvalue weighted by Gasteiger charge is -2.38. The minimum atomic E-state index is -0.349. The van der Waals surface area contributed by atoms with Crippen LogP contribution in [0.3, 0.4) is 0 Å². The van der Waals surface area contributed by atoms with Gasteiger partial charge in [-0.15, -0.1) is 0 Å². The maximum Gasteiger partial charge on any atom is 0.341 e. The van der Waals surface area contributed by atoms with Gasteiger partial charge in [-0.05, 0) is 57.8 Å². The van der Waals surface area contributed by atoms with Gasteiger partial charge in [-0.2, -0.15) is 0 Å². The van der Waals surface area contributed by atoms with Crippen LogP contribution in [-0.2, 0) is 4.74 Å². The van der Waals surface area contributed by atoms with Crippen molar-refractivity contribution in [1.82, 2.24) is 9.88 Å². The molecule has 0 bridgehead atoms. The average molecular weight is 352 g/mol. The Kier molecular flexibility index (Phi) is 5.95. The van der Waals surface area contributed by atoms with E-state index >= 15 is 0 Å². The summed E-state index contributed by atoms with van der Waals surface area (Å²) in [5.41, 5.74) is 0.465. The molecule has 24 heavy (non-hydrogen) atoms. The largest absolute Gasteiger partial charge is 0.462 e. The number of nitrogens with one attached hydrogen (secondary N) is 1. The predicted molar refractivity (Wildman–Crippen MR) is 95.7 cm³/mol. The molecule has 2 heterocycles. The summed E-state index contributed by atoms with van der Waals surface area (Å²) in [5, 5.41) is 3.91. The Morgan fingerprint density at radius 2 is 2.04 bits per heavy atom. The van der Waals surface area contributed by atoms with Crippen LogP contribution < -0.4 is 5.32 Å². The zero-order valence-corrected chi connectivity index (χ0v) is 15.0. The van der Waals surface area contributed by atoms with Crippen molar-refractivity contribution >= 4 is 23.4 Å². The van der Waals surface area contributed by atoms with E-state index in [2.05, 4.69) is 15.2 Å². The molecule has 2 atom stereocenters. The average Bonchev–Trinajstić information content (AvgIpc) is 3.10. The van der Waals surface area contributed by atoms with Crippen LogP contribution >= 0.6 is 11.6 Å². The van der Waals surface area contributed by atoms with E-state index in [0.29, 0.717) is 35.2 Å². The summed E-state index contributed by atoms with van der Waals surface area (Å²) in [5.74, 6) is 0.203. The summed E-state index contributed by atoms with van der Waals surface area (Å²) in [6.45, 7) is 4.51. The topological polar surface area (TPSA) is 54.5 Å². The van der Waals surface area contributed by atoms with Crippen molar-refractivity contribution in [3.05, 3.63) is 22.8 Å². The first-order valence-electron chi connectivity index (χ1n) is 9.03. The van der Waals surface area contributed by atoms with Gasteiger partial charge in [0.25, 0.3) is 0 Å². The van der Waals surface area contributed by atoms with Gasteiger partial charge in [0.2, 0.25) is 0 Å². The minimum Gasteiger partial charge on any atom is -0.462 e. The zero-order valence-electron chi connectivity index (χ0n) is 14.3. The number of carbonyl (C=O) groups excluding carboxylic acids is 1. The molecule has 1 aliphatic carbocycles. The number of nitrogens with zero attached hydrogens (tertiary/aromatic N) is 2. The number of anilines is 1. The molecule has 1 aromatic heterocycles. The smallest absolute Gasteiger partial charge is 0.341 e. The van der Waals surface area contributed by atoms with Crippen LogP contribution in [0.2, 0.25) is 5.15 Å². The van der Waals surface area contributed by atoms with Crippen LogP contribution in [-0.4, -0.2) is 47.6 Å². The molecule has 1 saturated heterocycles. The normalized spacial score (nSPS) is 24.8. The van der Waals surface area contributed by atoms with E-state index in [1.54, 1.807) is 19.1 Å². The lowest BCUT2D eigenvalue weighted by molar-refractivity contribution is 0.0527. The van der Waals surface area contributed by atoms with Gasteiger partial charge < -0.3 is 10.1 Å². The molecule has 0 aromatic carbocycles. The lowest BCUT2D eigenvalue weighted by Crippen LogP contribution is -2.47. The Hall–Kier alpha value is -1.33. The number of pyridine rings is 1. The molecule has 0 spiro atoms. The second-order valence-corrected chi connectivity index (χ2v) is 6.98. The molecule has 2 aliphatic rings. The fourth-order valence-corrected chi connectivity index (χ4v) is 4.03. The first-order valence-corrected chi connectivity index (χ1v) is 9.41. The Morgan fingerprint density at radius 1 is 1.29 bits per heavy atom. The van der Waals surface area contributed by atoms with Gasteiger partial charge in [-0.25, -0.2) is 9.78 Å². The van der Waals surface area contributed by atoms with E-state index in [1.807, 2.05) is 0 Å². The van der Waals surface area contributed by atoms with Gasteiger partial charge in [0, 0.05) is 12.1 Å². The van der Waals surface area contributed by atoms with Gasteiger partial charge in [0.05, 0.1) is 6.61 Å². The maximum absolute atomic E-state index is 12.2. The standard InChI is InChI=1S/C18H26ClN3O2/c1-2-24-18(23)13-9-10-16(19)21-17(13)20-14-7-3-4-8-15(14)22-11-5-6-12-22/h9-10,14-15H,2-8,11-12H2,1H3,(H,20,21)/t14-,15-/m0/s1. The summed E-state index contributed by atoms with van der Waals surface area (Å²) in [6, 6.07) is 4.15. The first-order chi connectivity index (χ1) is 11.7. The first kappa shape index (κ1) is 17.5. The van der Waals surface area contributed by atoms with Crippen molar-refractivity contribution < 1.29 is 9.53 Å². The van der Waals surface area contributed by atoms with E-state index in [9.17, 15) is 4.79 Å². The van der Waals surface area contributed by atoms with Crippen LogP contribution in [0.4, 0.5) is 5.82 Å². The van der Waals surface area contributed by atoms with Gasteiger partial charge in [-0.3, -0.25) is 4.90 Å². The van der Waals surface area contributed by atoms with E-state index < -0.39 is 0 Å². The Balaban J connectivity index is 1.80. The summed E-state index contributed by atoms with van der Waals surface area (Å²) in [6.07, 6.45) is 7.34. The number of halogens is 1. The molecule has 0 radical (unpaired) electrons. The summed E-state index contributed by atoms with van der Waals surface area (Å²) in [4.78, 5) is 19.2. The second kappa shape index (κ2) is 8.17. The van der Waals surface area contributed by atoms with E-state index in [4.69, 9.17) is 16.3 Å². The number of esters is 1. The van der Waals surface area contributed by atoms with Gasteiger partial charge in [-0.1, -0.05) is 24.4 Å². The zero-order chi connectivity index (χ0) is 16.9. The van der Waals surface area contributed by atoms with Crippen molar-refractivity contribution in [3.63, 3.8) is 0 Å². The lowest BCUT2D eigenvalue weighted by atomic mass is 9.89. The number of likely N-dealkylation sites (tertiary alicyclic amines) is 1. The fraction of sp³-hybridized carbons (Fsp3) is 0.667. The van der Waals surface area contributed by atoms with Crippen molar-refractivity contribution in [2.24, 2.45) is 0 Å². The molecular formula is C18H26ClN3O2. The Labute approximate surface area is 148 Å². The third kappa shape index (κ3) is 4.01. The van der Waals surface area contributed by atoms with E-state index in [-0.39, 0.29) is 5.97 Å². The number of hydrogen-bond donors (Lipinski definition) is 1. The van der Waals surface area contributed by atoms with Gasteiger partial charge in [0.1, 0.15) is 16.5 Å². The Bertz CT molecular complexity index is 575. The molecule has 132 valence electrons. The molecule has 1 saturated carbocycles. The van der Waals surface area contributed by atoms with Crippen molar-refractivity contribution in [2.45, 2.75) is 57.5 Å².